The molecule has 118 valence electrons. The Morgan fingerprint density at radius 2 is 2.18 bits per heavy atom. The summed E-state index contributed by atoms with van der Waals surface area (Å²) in [6.45, 7) is 5.08. The van der Waals surface area contributed by atoms with E-state index in [1.165, 1.54) is 18.9 Å². The molecule has 0 atom stereocenters. The molecule has 5 nitrogen and oxygen atoms in total. The maximum atomic E-state index is 12.4. The van der Waals surface area contributed by atoms with Gasteiger partial charge in [-0.2, -0.15) is 0 Å². The molecule has 22 heavy (non-hydrogen) atoms. The Balaban J connectivity index is 2.42. The third-order valence-electron chi connectivity index (χ3n) is 3.08. The van der Waals surface area contributed by atoms with E-state index in [-0.39, 0.29) is 11.7 Å². The summed E-state index contributed by atoms with van der Waals surface area (Å²) < 4.78 is 5.80. The highest BCUT2D eigenvalue weighted by Crippen LogP contribution is 2.37. The molecular weight excluding hydrogens is 368 g/mol. The maximum absolute atomic E-state index is 12.4. The Hall–Kier alpha value is -1.47. The summed E-state index contributed by atoms with van der Waals surface area (Å²) in [5.41, 5.74) is 0.763. The van der Waals surface area contributed by atoms with Crippen LogP contribution in [0.1, 0.15) is 19.4 Å². The third-order valence-corrected chi connectivity index (χ3v) is 4.81. The van der Waals surface area contributed by atoms with Crippen molar-refractivity contribution >= 4 is 44.8 Å². The molecule has 1 aromatic carbocycles. The molecule has 1 fully saturated rings. The number of aliphatic imine (C=N–C) groups is 1. The third kappa shape index (κ3) is 3.30. The first-order chi connectivity index (χ1) is 10.5. The van der Waals surface area contributed by atoms with Crippen molar-refractivity contribution in [3.63, 3.8) is 0 Å². The lowest BCUT2D eigenvalue weighted by molar-refractivity contribution is -0.122. The number of amidine groups is 1. The first-order valence-corrected chi connectivity index (χ1v) is 8.45. The summed E-state index contributed by atoms with van der Waals surface area (Å²) in [6.07, 6.45) is 1.78. The number of aromatic hydroxyl groups is 1. The number of thioether (sulfide) groups is 1. The lowest BCUT2D eigenvalue weighted by atomic mass is 10.2. The zero-order valence-electron chi connectivity index (χ0n) is 12.6. The van der Waals surface area contributed by atoms with E-state index in [4.69, 9.17) is 4.74 Å². The number of amides is 1. The van der Waals surface area contributed by atoms with Gasteiger partial charge in [-0.1, -0.05) is 15.9 Å². The number of carbonyl (C=O) groups excluding carboxylic acids is 1. The van der Waals surface area contributed by atoms with E-state index in [1.807, 2.05) is 13.8 Å². The summed E-state index contributed by atoms with van der Waals surface area (Å²) in [6, 6.07) is 3.24. The second-order valence-corrected chi connectivity index (χ2v) is 6.33. The number of benzene rings is 1. The van der Waals surface area contributed by atoms with E-state index in [2.05, 4.69) is 20.9 Å². The maximum Gasteiger partial charge on any atom is 0.266 e. The van der Waals surface area contributed by atoms with Crippen molar-refractivity contribution in [1.29, 1.82) is 0 Å². The molecule has 0 aromatic heterocycles. The summed E-state index contributed by atoms with van der Waals surface area (Å²) in [7, 11) is 1.49. The van der Waals surface area contributed by atoms with Gasteiger partial charge in [-0.3, -0.25) is 14.7 Å². The van der Waals surface area contributed by atoms with Crippen LogP contribution in [0.5, 0.6) is 11.5 Å². The standard InChI is InChI=1S/C15H17BrN2O3S/c1-4-17-15-18(5-2)14(20)13(22-15)7-9-6-12(21-3)11(19)8-10(9)16/h6-8,19H,4-5H2,1-3H3/b13-7+,17-15?. The predicted octanol–water partition coefficient (Wildman–Crippen LogP) is 3.48. The molecule has 1 aliphatic heterocycles. The number of hydrogen-bond donors (Lipinski definition) is 1. The van der Waals surface area contributed by atoms with Crippen LogP contribution in [-0.4, -0.2) is 41.3 Å². The van der Waals surface area contributed by atoms with Gasteiger partial charge in [-0.15, -0.1) is 0 Å². The normalized spacial score (nSPS) is 18.5. The van der Waals surface area contributed by atoms with Crippen molar-refractivity contribution in [1.82, 2.24) is 4.90 Å². The molecule has 2 rings (SSSR count). The quantitative estimate of drug-likeness (QED) is 0.807. The van der Waals surface area contributed by atoms with E-state index < -0.39 is 0 Å². The van der Waals surface area contributed by atoms with Crippen LogP contribution in [0.25, 0.3) is 6.08 Å². The number of rotatable bonds is 4. The van der Waals surface area contributed by atoms with E-state index in [9.17, 15) is 9.90 Å². The molecule has 1 amide bonds. The van der Waals surface area contributed by atoms with Gasteiger partial charge in [0.15, 0.2) is 16.7 Å². The first-order valence-electron chi connectivity index (χ1n) is 6.84. The van der Waals surface area contributed by atoms with Gasteiger partial charge in [0.2, 0.25) is 0 Å². The number of likely N-dealkylation sites (N-methyl/N-ethyl adjacent to an activating group) is 1. The van der Waals surface area contributed by atoms with E-state index in [0.717, 1.165) is 10.7 Å². The molecule has 1 N–H and O–H groups in total. The highest BCUT2D eigenvalue weighted by Gasteiger charge is 2.32. The SMILES string of the molecule is CCN=C1S/C(=C/c2cc(OC)c(O)cc2Br)C(=O)N1CC. The van der Waals surface area contributed by atoms with Crippen molar-refractivity contribution < 1.29 is 14.6 Å². The lowest BCUT2D eigenvalue weighted by Gasteiger charge is -2.11. The number of phenols is 1. The van der Waals surface area contributed by atoms with Crippen LogP contribution in [0.15, 0.2) is 26.5 Å². The molecule has 0 aliphatic carbocycles. The molecular formula is C15H17BrN2O3S. The number of ether oxygens (including phenoxy) is 1. The van der Waals surface area contributed by atoms with E-state index in [0.29, 0.717) is 28.2 Å². The van der Waals surface area contributed by atoms with Crippen molar-refractivity contribution in [3.05, 3.63) is 27.1 Å². The molecule has 1 aliphatic rings. The number of hydrogen-bond acceptors (Lipinski definition) is 5. The van der Waals surface area contributed by atoms with Crippen molar-refractivity contribution in [2.24, 2.45) is 4.99 Å². The molecule has 0 saturated carbocycles. The summed E-state index contributed by atoms with van der Waals surface area (Å²) in [5.74, 6) is 0.351. The molecule has 0 unspecified atom stereocenters. The number of methoxy groups -OCH3 is 1. The molecule has 0 radical (unpaired) electrons. The molecule has 0 bridgehead atoms. The van der Waals surface area contributed by atoms with E-state index in [1.54, 1.807) is 23.1 Å². The van der Waals surface area contributed by atoms with Crippen LogP contribution in [0, 0.1) is 0 Å². The lowest BCUT2D eigenvalue weighted by Crippen LogP contribution is -2.28. The fraction of sp³-hybridized carbons (Fsp3) is 0.333. The Bertz CT molecular complexity index is 658. The van der Waals surface area contributed by atoms with Gasteiger partial charge in [0.05, 0.1) is 12.0 Å². The second kappa shape index (κ2) is 7.19. The Kier molecular flexibility index (Phi) is 5.52. The fourth-order valence-corrected chi connectivity index (χ4v) is 3.56. The van der Waals surface area contributed by atoms with Gasteiger partial charge in [0.25, 0.3) is 5.91 Å². The Morgan fingerprint density at radius 1 is 1.45 bits per heavy atom. The van der Waals surface area contributed by atoms with Crippen molar-refractivity contribution in [2.75, 3.05) is 20.2 Å². The van der Waals surface area contributed by atoms with Gasteiger partial charge in [-0.05, 0) is 49.4 Å². The first kappa shape index (κ1) is 16.9. The van der Waals surface area contributed by atoms with Crippen LogP contribution in [0.4, 0.5) is 0 Å². The van der Waals surface area contributed by atoms with Gasteiger partial charge in [0, 0.05) is 17.6 Å². The van der Waals surface area contributed by atoms with Gasteiger partial charge in [0.1, 0.15) is 0 Å². The highest BCUT2D eigenvalue weighted by molar-refractivity contribution is 9.10. The molecule has 1 saturated heterocycles. The van der Waals surface area contributed by atoms with Crippen LogP contribution >= 0.6 is 27.7 Å². The van der Waals surface area contributed by atoms with Crippen LogP contribution in [-0.2, 0) is 4.79 Å². The minimum atomic E-state index is -0.0568. The average molecular weight is 385 g/mol. The zero-order valence-corrected chi connectivity index (χ0v) is 15.0. The average Bonchev–Trinajstić information content (AvgIpc) is 2.77. The molecule has 0 spiro atoms. The van der Waals surface area contributed by atoms with E-state index >= 15 is 0 Å². The minimum Gasteiger partial charge on any atom is -0.504 e. The van der Waals surface area contributed by atoms with Gasteiger partial charge in [-0.25, -0.2) is 0 Å². The van der Waals surface area contributed by atoms with Crippen LogP contribution in [0.2, 0.25) is 0 Å². The van der Waals surface area contributed by atoms with Gasteiger partial charge < -0.3 is 9.84 Å². The Morgan fingerprint density at radius 3 is 2.77 bits per heavy atom. The predicted molar refractivity (Wildman–Crippen MR) is 93.3 cm³/mol. The Labute approximate surface area is 142 Å². The number of nitrogens with zero attached hydrogens (tertiary/aromatic N) is 2. The zero-order chi connectivity index (χ0) is 16.3. The number of phenolic OH excluding ortho intramolecular Hbond substituents is 1. The monoisotopic (exact) mass is 384 g/mol. The number of halogens is 1. The van der Waals surface area contributed by atoms with Crippen LogP contribution in [0.3, 0.4) is 0 Å². The highest BCUT2D eigenvalue weighted by atomic mass is 79.9. The minimum absolute atomic E-state index is 0.0466. The van der Waals surface area contributed by atoms with Crippen molar-refractivity contribution in [2.45, 2.75) is 13.8 Å². The summed E-state index contributed by atoms with van der Waals surface area (Å²) >= 11 is 4.75. The van der Waals surface area contributed by atoms with Crippen LogP contribution < -0.4 is 4.74 Å². The molecule has 1 heterocycles. The fourth-order valence-electron chi connectivity index (χ4n) is 2.01. The summed E-state index contributed by atoms with van der Waals surface area (Å²) in [4.78, 5) is 19.0. The molecule has 1 aromatic rings. The number of carbonyl (C=O) groups is 1. The smallest absolute Gasteiger partial charge is 0.266 e. The second-order valence-electron chi connectivity index (χ2n) is 4.46. The van der Waals surface area contributed by atoms with Gasteiger partial charge >= 0.3 is 0 Å². The van der Waals surface area contributed by atoms with Crippen molar-refractivity contribution in [3.8, 4) is 11.5 Å². The topological polar surface area (TPSA) is 62.1 Å². The summed E-state index contributed by atoms with van der Waals surface area (Å²) in [5, 5.41) is 10.5. The molecule has 7 heteroatoms. The largest absolute Gasteiger partial charge is 0.504 e.